The fourth-order valence-electron chi connectivity index (χ4n) is 2.59. The smallest absolute Gasteiger partial charge is 0.239 e. The minimum Gasteiger partial charge on any atom is -0.350 e. The molecule has 1 heterocycles. The third-order valence-corrected chi connectivity index (χ3v) is 3.63. The molecule has 0 unspecified atom stereocenters. The van der Waals surface area contributed by atoms with Crippen LogP contribution in [0.4, 0.5) is 0 Å². The van der Waals surface area contributed by atoms with Gasteiger partial charge in [-0.25, -0.2) is 0 Å². The maximum absolute atomic E-state index is 12.0. The Bertz CT molecular complexity index is 583. The van der Waals surface area contributed by atoms with E-state index < -0.39 is 0 Å². The highest BCUT2D eigenvalue weighted by atomic mass is 16.2. The summed E-state index contributed by atoms with van der Waals surface area (Å²) >= 11 is 0. The summed E-state index contributed by atoms with van der Waals surface area (Å²) in [7, 11) is 0. The van der Waals surface area contributed by atoms with Gasteiger partial charge in [0.05, 0.1) is 12.2 Å². The van der Waals surface area contributed by atoms with Crippen LogP contribution in [0.1, 0.15) is 58.0 Å². The van der Waals surface area contributed by atoms with E-state index >= 15 is 0 Å². The predicted molar refractivity (Wildman–Crippen MR) is 95.8 cm³/mol. The minimum atomic E-state index is -0.291. The quantitative estimate of drug-likeness (QED) is 0.801. The van der Waals surface area contributed by atoms with E-state index in [1.807, 2.05) is 39.3 Å². The van der Waals surface area contributed by atoms with Gasteiger partial charge in [0.15, 0.2) is 0 Å². The van der Waals surface area contributed by atoms with Crippen LogP contribution in [0.25, 0.3) is 0 Å². The number of hydrogen-bond donors (Lipinski definition) is 2. The number of nitrogens with zero attached hydrogens (tertiary/aromatic N) is 2. The van der Waals surface area contributed by atoms with E-state index in [2.05, 4.69) is 29.6 Å². The van der Waals surface area contributed by atoms with Crippen molar-refractivity contribution in [2.24, 2.45) is 5.92 Å². The average molecular weight is 336 g/mol. The van der Waals surface area contributed by atoms with Gasteiger partial charge in [-0.3, -0.25) is 14.3 Å². The molecule has 2 amide bonds. The second-order valence-corrected chi connectivity index (χ2v) is 7.80. The van der Waals surface area contributed by atoms with Crippen molar-refractivity contribution in [1.29, 1.82) is 0 Å². The Kier molecular flexibility index (Phi) is 6.99. The first-order valence-corrected chi connectivity index (χ1v) is 8.60. The molecule has 136 valence electrons. The van der Waals surface area contributed by atoms with Crippen LogP contribution in [0.15, 0.2) is 0 Å². The van der Waals surface area contributed by atoms with Crippen molar-refractivity contribution in [3.05, 3.63) is 17.0 Å². The van der Waals surface area contributed by atoms with Crippen LogP contribution in [0.2, 0.25) is 0 Å². The first-order valence-electron chi connectivity index (χ1n) is 8.60. The van der Waals surface area contributed by atoms with E-state index in [1.54, 1.807) is 0 Å². The number of aryl methyl sites for hydroxylation is 1. The fourth-order valence-corrected chi connectivity index (χ4v) is 2.59. The summed E-state index contributed by atoms with van der Waals surface area (Å²) in [5.74, 6) is 0.239. The predicted octanol–water partition coefficient (Wildman–Crippen LogP) is 2.12. The number of hydrogen-bond acceptors (Lipinski definition) is 3. The molecule has 6 nitrogen and oxygen atoms in total. The van der Waals surface area contributed by atoms with E-state index in [-0.39, 0.29) is 23.9 Å². The van der Waals surface area contributed by atoms with E-state index in [1.165, 1.54) is 0 Å². The zero-order valence-electron chi connectivity index (χ0n) is 16.1. The van der Waals surface area contributed by atoms with E-state index in [4.69, 9.17) is 0 Å². The van der Waals surface area contributed by atoms with Crippen LogP contribution in [-0.2, 0) is 22.6 Å². The maximum Gasteiger partial charge on any atom is 0.239 e. The SMILES string of the molecule is Cc1nn(CC(C)C)c(C)c1CCC(=O)NCC(=O)NC(C)(C)C. The average Bonchev–Trinajstić information content (AvgIpc) is 2.66. The standard InChI is InChI=1S/C18H32N4O2/c1-12(2)11-22-14(4)15(13(3)21-22)8-9-16(23)19-10-17(24)20-18(5,6)7/h12H,8-11H2,1-7H3,(H,19,23)(H,20,24). The Morgan fingerprint density at radius 1 is 1.17 bits per heavy atom. The molecule has 6 heteroatoms. The maximum atomic E-state index is 12.0. The molecule has 0 aromatic carbocycles. The van der Waals surface area contributed by atoms with Crippen molar-refractivity contribution in [2.45, 2.75) is 73.4 Å². The molecule has 0 atom stereocenters. The van der Waals surface area contributed by atoms with Crippen molar-refractivity contribution >= 4 is 11.8 Å². The molecular formula is C18H32N4O2. The third-order valence-electron chi connectivity index (χ3n) is 3.63. The molecule has 1 aromatic heterocycles. The van der Waals surface area contributed by atoms with Crippen LogP contribution < -0.4 is 10.6 Å². The molecule has 0 saturated carbocycles. The summed E-state index contributed by atoms with van der Waals surface area (Å²) in [4.78, 5) is 23.7. The van der Waals surface area contributed by atoms with Gasteiger partial charge in [0, 0.05) is 24.2 Å². The molecule has 0 fully saturated rings. The fraction of sp³-hybridized carbons (Fsp3) is 0.722. The van der Waals surface area contributed by atoms with E-state index in [0.717, 1.165) is 23.5 Å². The van der Waals surface area contributed by atoms with Crippen molar-refractivity contribution in [2.75, 3.05) is 6.54 Å². The van der Waals surface area contributed by atoms with Crippen molar-refractivity contribution in [1.82, 2.24) is 20.4 Å². The second kappa shape index (κ2) is 8.31. The Balaban J connectivity index is 2.50. The number of rotatable bonds is 7. The molecule has 0 radical (unpaired) electrons. The first kappa shape index (κ1) is 20.2. The number of amides is 2. The van der Waals surface area contributed by atoms with Crippen molar-refractivity contribution in [3.63, 3.8) is 0 Å². The normalized spacial score (nSPS) is 11.7. The van der Waals surface area contributed by atoms with Gasteiger partial charge in [-0.2, -0.15) is 5.10 Å². The summed E-state index contributed by atoms with van der Waals surface area (Å²) in [6.45, 7) is 15.0. The van der Waals surface area contributed by atoms with Crippen LogP contribution in [0.5, 0.6) is 0 Å². The Morgan fingerprint density at radius 2 is 1.79 bits per heavy atom. The van der Waals surface area contributed by atoms with Gasteiger partial charge in [-0.15, -0.1) is 0 Å². The second-order valence-electron chi connectivity index (χ2n) is 7.80. The Morgan fingerprint density at radius 3 is 2.33 bits per heavy atom. The molecule has 24 heavy (non-hydrogen) atoms. The van der Waals surface area contributed by atoms with Gasteiger partial charge in [0.25, 0.3) is 0 Å². The third kappa shape index (κ3) is 6.72. The van der Waals surface area contributed by atoms with Crippen molar-refractivity contribution in [3.8, 4) is 0 Å². The first-order chi connectivity index (χ1) is 11.0. The Hall–Kier alpha value is -1.85. The van der Waals surface area contributed by atoms with Gasteiger partial charge < -0.3 is 10.6 Å². The monoisotopic (exact) mass is 336 g/mol. The lowest BCUT2D eigenvalue weighted by Crippen LogP contribution is -2.45. The molecule has 0 aliphatic rings. The summed E-state index contributed by atoms with van der Waals surface area (Å²) in [5.41, 5.74) is 2.94. The highest BCUT2D eigenvalue weighted by Gasteiger charge is 2.16. The summed E-state index contributed by atoms with van der Waals surface area (Å²) < 4.78 is 2.02. The zero-order valence-corrected chi connectivity index (χ0v) is 16.1. The molecule has 0 saturated heterocycles. The molecule has 0 aliphatic heterocycles. The van der Waals surface area contributed by atoms with Crippen LogP contribution in [-0.4, -0.2) is 33.7 Å². The number of carbonyl (C=O) groups excluding carboxylic acids is 2. The number of carbonyl (C=O) groups is 2. The summed E-state index contributed by atoms with van der Waals surface area (Å²) in [6.07, 6.45) is 1.00. The van der Waals surface area contributed by atoms with Gasteiger partial charge in [0.2, 0.25) is 11.8 Å². The van der Waals surface area contributed by atoms with E-state index in [0.29, 0.717) is 18.8 Å². The molecule has 0 spiro atoms. The Labute approximate surface area is 145 Å². The molecule has 0 aliphatic carbocycles. The zero-order chi connectivity index (χ0) is 18.5. The largest absolute Gasteiger partial charge is 0.350 e. The van der Waals surface area contributed by atoms with Gasteiger partial charge >= 0.3 is 0 Å². The molecule has 1 rings (SSSR count). The lowest BCUT2D eigenvalue weighted by Gasteiger charge is -2.20. The van der Waals surface area contributed by atoms with Crippen LogP contribution in [0, 0.1) is 19.8 Å². The van der Waals surface area contributed by atoms with Crippen molar-refractivity contribution < 1.29 is 9.59 Å². The number of aromatic nitrogens is 2. The van der Waals surface area contributed by atoms with Gasteiger partial charge in [-0.05, 0) is 52.5 Å². The number of nitrogens with one attached hydrogen (secondary N) is 2. The topological polar surface area (TPSA) is 76.0 Å². The molecule has 2 N–H and O–H groups in total. The highest BCUT2D eigenvalue weighted by molar-refractivity contribution is 5.85. The van der Waals surface area contributed by atoms with Crippen LogP contribution >= 0.6 is 0 Å². The lowest BCUT2D eigenvalue weighted by atomic mass is 10.1. The lowest BCUT2D eigenvalue weighted by molar-refractivity contribution is -0.126. The summed E-state index contributed by atoms with van der Waals surface area (Å²) in [6, 6.07) is 0. The van der Waals surface area contributed by atoms with Gasteiger partial charge in [0.1, 0.15) is 0 Å². The molecular weight excluding hydrogens is 304 g/mol. The van der Waals surface area contributed by atoms with Gasteiger partial charge in [-0.1, -0.05) is 13.8 Å². The molecule has 0 bridgehead atoms. The summed E-state index contributed by atoms with van der Waals surface area (Å²) in [5, 5.41) is 10.1. The minimum absolute atomic E-state index is 0.0146. The van der Waals surface area contributed by atoms with Crippen LogP contribution in [0.3, 0.4) is 0 Å². The molecule has 1 aromatic rings. The van der Waals surface area contributed by atoms with E-state index in [9.17, 15) is 9.59 Å². The highest BCUT2D eigenvalue weighted by Crippen LogP contribution is 2.16.